The average Bonchev–Trinajstić information content (AvgIpc) is 2.93. The third kappa shape index (κ3) is 6.02. The number of hydrazone groups is 1. The van der Waals surface area contributed by atoms with E-state index < -0.39 is 5.91 Å². The Morgan fingerprint density at radius 2 is 1.83 bits per heavy atom. The van der Waals surface area contributed by atoms with E-state index >= 15 is 0 Å². The number of aryl methyl sites for hydroxylation is 3. The van der Waals surface area contributed by atoms with Crippen LogP contribution in [0.1, 0.15) is 40.9 Å². The van der Waals surface area contributed by atoms with Gasteiger partial charge < -0.3 is 14.6 Å². The molecular weight excluding hydrogens is 368 g/mol. The second-order valence-electron chi connectivity index (χ2n) is 7.07. The van der Waals surface area contributed by atoms with E-state index in [9.17, 15) is 9.59 Å². The summed E-state index contributed by atoms with van der Waals surface area (Å²) in [6.07, 6.45) is 2.06. The first-order chi connectivity index (χ1) is 13.8. The number of carbonyl (C=O) groups excluding carboxylic acids is 2. The molecule has 0 aliphatic carbocycles. The standard InChI is InChI=1S/C22H30N4O3/c1-15-8-6-9-16(2)22(15)26-17(3)12-19(18(26)4)14-24-25-21(28)13-20(27)23-10-7-11-29-5/h6,8-9,12,14H,7,10-11,13H2,1-5H3,(H,23,27)(H,25,28)/b24-14+. The summed E-state index contributed by atoms with van der Waals surface area (Å²) >= 11 is 0. The number of amides is 2. The molecule has 2 N–H and O–H groups in total. The molecule has 7 heteroatoms. The Hall–Kier alpha value is -2.93. The molecule has 1 heterocycles. The zero-order valence-electron chi connectivity index (χ0n) is 17.8. The first kappa shape index (κ1) is 22.4. The van der Waals surface area contributed by atoms with Crippen LogP contribution in [-0.2, 0) is 14.3 Å². The molecule has 0 radical (unpaired) electrons. The van der Waals surface area contributed by atoms with Gasteiger partial charge in [-0.3, -0.25) is 9.59 Å². The van der Waals surface area contributed by atoms with Gasteiger partial charge in [-0.25, -0.2) is 5.43 Å². The Balaban J connectivity index is 2.00. The molecule has 0 unspecified atom stereocenters. The van der Waals surface area contributed by atoms with Crippen molar-refractivity contribution in [1.82, 2.24) is 15.3 Å². The monoisotopic (exact) mass is 398 g/mol. The Kier molecular flexibility index (Phi) is 8.15. The molecule has 1 aromatic carbocycles. The van der Waals surface area contributed by atoms with Crippen molar-refractivity contribution in [1.29, 1.82) is 0 Å². The summed E-state index contributed by atoms with van der Waals surface area (Å²) in [4.78, 5) is 23.6. The van der Waals surface area contributed by atoms with Gasteiger partial charge in [0.1, 0.15) is 6.42 Å². The van der Waals surface area contributed by atoms with Gasteiger partial charge in [-0.1, -0.05) is 18.2 Å². The minimum Gasteiger partial charge on any atom is -0.385 e. The molecule has 0 spiro atoms. The molecule has 2 aromatic rings. The predicted octanol–water partition coefficient (Wildman–Crippen LogP) is 2.70. The fourth-order valence-corrected chi connectivity index (χ4v) is 3.29. The molecule has 0 aliphatic heterocycles. The van der Waals surface area contributed by atoms with Gasteiger partial charge in [0, 0.05) is 37.2 Å². The van der Waals surface area contributed by atoms with Crippen LogP contribution in [-0.4, -0.2) is 42.9 Å². The van der Waals surface area contributed by atoms with E-state index in [0.29, 0.717) is 19.6 Å². The molecule has 0 aliphatic rings. The Morgan fingerprint density at radius 3 is 2.48 bits per heavy atom. The van der Waals surface area contributed by atoms with Gasteiger partial charge in [0.05, 0.1) is 11.9 Å². The zero-order chi connectivity index (χ0) is 21.4. The van der Waals surface area contributed by atoms with E-state index in [1.165, 1.54) is 11.1 Å². The number of para-hydroxylation sites is 1. The highest BCUT2D eigenvalue weighted by atomic mass is 16.5. The lowest BCUT2D eigenvalue weighted by Gasteiger charge is -2.15. The number of nitrogens with zero attached hydrogens (tertiary/aromatic N) is 2. The van der Waals surface area contributed by atoms with Crippen LogP contribution >= 0.6 is 0 Å². The summed E-state index contributed by atoms with van der Waals surface area (Å²) in [6, 6.07) is 8.26. The van der Waals surface area contributed by atoms with Gasteiger partial charge in [0.25, 0.3) is 0 Å². The van der Waals surface area contributed by atoms with Gasteiger partial charge in [-0.2, -0.15) is 5.10 Å². The number of ether oxygens (including phenoxy) is 1. The van der Waals surface area contributed by atoms with Crippen molar-refractivity contribution >= 4 is 18.0 Å². The maximum absolute atomic E-state index is 11.9. The van der Waals surface area contributed by atoms with Crippen molar-refractivity contribution in [3.8, 4) is 5.69 Å². The van der Waals surface area contributed by atoms with Crippen LogP contribution in [0.5, 0.6) is 0 Å². The van der Waals surface area contributed by atoms with Crippen LogP contribution in [0.4, 0.5) is 0 Å². The van der Waals surface area contributed by atoms with Gasteiger partial charge >= 0.3 is 0 Å². The van der Waals surface area contributed by atoms with Crippen molar-refractivity contribution in [3.63, 3.8) is 0 Å². The van der Waals surface area contributed by atoms with Crippen LogP contribution in [0, 0.1) is 27.7 Å². The summed E-state index contributed by atoms with van der Waals surface area (Å²) < 4.78 is 7.11. The molecule has 0 fully saturated rings. The van der Waals surface area contributed by atoms with Crippen molar-refractivity contribution in [2.75, 3.05) is 20.3 Å². The maximum Gasteiger partial charge on any atom is 0.249 e. The molecule has 0 saturated carbocycles. The van der Waals surface area contributed by atoms with Crippen LogP contribution in [0.25, 0.3) is 5.69 Å². The van der Waals surface area contributed by atoms with Gasteiger partial charge in [-0.05, 0) is 51.3 Å². The van der Waals surface area contributed by atoms with E-state index in [1.54, 1.807) is 13.3 Å². The lowest BCUT2D eigenvalue weighted by Crippen LogP contribution is -2.30. The van der Waals surface area contributed by atoms with Gasteiger partial charge in [0.2, 0.25) is 11.8 Å². The minimum atomic E-state index is -0.450. The maximum atomic E-state index is 11.9. The highest BCUT2D eigenvalue weighted by Crippen LogP contribution is 2.25. The molecule has 29 heavy (non-hydrogen) atoms. The third-order valence-corrected chi connectivity index (χ3v) is 4.69. The predicted molar refractivity (Wildman–Crippen MR) is 115 cm³/mol. The van der Waals surface area contributed by atoms with Crippen molar-refractivity contribution in [2.24, 2.45) is 5.10 Å². The van der Waals surface area contributed by atoms with E-state index in [1.807, 2.05) is 26.0 Å². The molecule has 156 valence electrons. The molecule has 2 amide bonds. The number of benzene rings is 1. The number of methoxy groups -OCH3 is 1. The number of hydrogen-bond acceptors (Lipinski definition) is 4. The van der Waals surface area contributed by atoms with E-state index in [-0.39, 0.29) is 12.3 Å². The second kappa shape index (κ2) is 10.6. The summed E-state index contributed by atoms with van der Waals surface area (Å²) in [7, 11) is 1.60. The SMILES string of the molecule is COCCCNC(=O)CC(=O)N/N=C/c1cc(C)n(-c2c(C)cccc2C)c1C. The molecule has 1 aromatic heterocycles. The number of carbonyl (C=O) groups is 2. The van der Waals surface area contributed by atoms with Crippen LogP contribution in [0.15, 0.2) is 29.4 Å². The van der Waals surface area contributed by atoms with Crippen LogP contribution in [0.2, 0.25) is 0 Å². The first-order valence-corrected chi connectivity index (χ1v) is 9.68. The average molecular weight is 399 g/mol. The van der Waals surface area contributed by atoms with E-state index in [0.717, 1.165) is 22.6 Å². The largest absolute Gasteiger partial charge is 0.385 e. The number of aromatic nitrogens is 1. The van der Waals surface area contributed by atoms with E-state index in [2.05, 4.69) is 46.4 Å². The number of nitrogens with one attached hydrogen (secondary N) is 2. The quantitative estimate of drug-likeness (QED) is 0.295. The molecule has 7 nitrogen and oxygen atoms in total. The lowest BCUT2D eigenvalue weighted by atomic mass is 10.1. The minimum absolute atomic E-state index is 0.258. The highest BCUT2D eigenvalue weighted by Gasteiger charge is 2.13. The summed E-state index contributed by atoms with van der Waals surface area (Å²) in [5, 5.41) is 6.69. The highest BCUT2D eigenvalue weighted by molar-refractivity contribution is 5.97. The third-order valence-electron chi connectivity index (χ3n) is 4.69. The smallest absolute Gasteiger partial charge is 0.249 e. The second-order valence-corrected chi connectivity index (χ2v) is 7.07. The number of hydrogen-bond donors (Lipinski definition) is 2. The molecular formula is C22H30N4O3. The fraction of sp³-hybridized carbons (Fsp3) is 0.409. The summed E-state index contributed by atoms with van der Waals surface area (Å²) in [6.45, 7) is 9.30. The summed E-state index contributed by atoms with van der Waals surface area (Å²) in [5.74, 6) is -0.781. The van der Waals surface area contributed by atoms with Crippen molar-refractivity contribution in [2.45, 2.75) is 40.5 Å². The van der Waals surface area contributed by atoms with Gasteiger partial charge in [-0.15, -0.1) is 0 Å². The van der Waals surface area contributed by atoms with Gasteiger partial charge in [0.15, 0.2) is 0 Å². The molecule has 0 bridgehead atoms. The van der Waals surface area contributed by atoms with E-state index in [4.69, 9.17) is 4.74 Å². The molecule has 0 atom stereocenters. The first-order valence-electron chi connectivity index (χ1n) is 9.68. The van der Waals surface area contributed by atoms with Crippen molar-refractivity contribution < 1.29 is 14.3 Å². The Labute approximate surface area is 172 Å². The lowest BCUT2D eigenvalue weighted by molar-refractivity contribution is -0.129. The van der Waals surface area contributed by atoms with Crippen LogP contribution < -0.4 is 10.7 Å². The van der Waals surface area contributed by atoms with Crippen molar-refractivity contribution in [3.05, 3.63) is 52.3 Å². The normalized spacial score (nSPS) is 11.1. The van der Waals surface area contributed by atoms with Crippen LogP contribution in [0.3, 0.4) is 0 Å². The fourth-order valence-electron chi connectivity index (χ4n) is 3.29. The molecule has 2 rings (SSSR count). The topological polar surface area (TPSA) is 84.7 Å². The zero-order valence-corrected chi connectivity index (χ0v) is 17.8. The molecule has 0 saturated heterocycles. The Bertz CT molecular complexity index is 879. The number of rotatable bonds is 9. The Morgan fingerprint density at radius 1 is 1.14 bits per heavy atom. The summed E-state index contributed by atoms with van der Waals surface area (Å²) in [5.41, 5.74) is 9.00.